The van der Waals surface area contributed by atoms with E-state index in [0.717, 1.165) is 49.6 Å². The summed E-state index contributed by atoms with van der Waals surface area (Å²) in [4.78, 5) is 24.7. The lowest BCUT2D eigenvalue weighted by molar-refractivity contribution is -0.384. The third-order valence-corrected chi connectivity index (χ3v) is 5.34. The fourth-order valence-corrected chi connectivity index (χ4v) is 3.61. The number of likely N-dealkylation sites (tertiary alicyclic amines) is 1. The first kappa shape index (κ1) is 20.8. The highest BCUT2D eigenvalue weighted by Crippen LogP contribution is 2.21. The molecule has 0 radical (unpaired) electrons. The van der Waals surface area contributed by atoms with Gasteiger partial charge in [0.15, 0.2) is 0 Å². The Morgan fingerprint density at radius 3 is 2.55 bits per heavy atom. The molecule has 0 bridgehead atoms. The van der Waals surface area contributed by atoms with E-state index in [0.29, 0.717) is 12.5 Å². The Bertz CT molecular complexity index is 878. The number of nitro groups is 1. The van der Waals surface area contributed by atoms with Crippen molar-refractivity contribution < 1.29 is 14.1 Å². The Hall–Kier alpha value is -2.93. The Labute approximate surface area is 170 Å². The molecule has 0 atom stereocenters. The number of carbonyl (C=O) groups is 1. The summed E-state index contributed by atoms with van der Waals surface area (Å²) in [5.41, 5.74) is 2.05. The molecule has 1 amide bonds. The van der Waals surface area contributed by atoms with Crippen LogP contribution >= 0.6 is 0 Å². The summed E-state index contributed by atoms with van der Waals surface area (Å²) < 4.78 is 5.60. The largest absolute Gasteiger partial charge is 0.466 e. The Kier molecular flexibility index (Phi) is 6.82. The topological polar surface area (TPSA) is 88.6 Å². The van der Waals surface area contributed by atoms with Crippen LogP contribution in [0.3, 0.4) is 0 Å². The van der Waals surface area contributed by atoms with Crippen LogP contribution in [0, 0.1) is 29.9 Å². The maximum atomic E-state index is 12.1. The van der Waals surface area contributed by atoms with Crippen molar-refractivity contribution in [1.82, 2.24) is 10.2 Å². The quantitative estimate of drug-likeness (QED) is 0.436. The van der Waals surface area contributed by atoms with Gasteiger partial charge in [0.25, 0.3) is 5.69 Å². The second-order valence-corrected chi connectivity index (χ2v) is 7.59. The molecule has 1 aromatic carbocycles. The van der Waals surface area contributed by atoms with Crippen LogP contribution in [0.5, 0.6) is 0 Å². The number of aryl methyl sites for hydroxylation is 2. The van der Waals surface area contributed by atoms with Gasteiger partial charge in [-0.25, -0.2) is 0 Å². The molecule has 0 saturated carbocycles. The number of nitrogens with zero attached hydrogens (tertiary/aromatic N) is 2. The van der Waals surface area contributed by atoms with E-state index in [1.54, 1.807) is 18.2 Å². The van der Waals surface area contributed by atoms with Gasteiger partial charge in [-0.1, -0.05) is 0 Å². The van der Waals surface area contributed by atoms with Gasteiger partial charge in [0.2, 0.25) is 5.91 Å². The molecule has 29 heavy (non-hydrogen) atoms. The highest BCUT2D eigenvalue weighted by molar-refractivity contribution is 5.91. The summed E-state index contributed by atoms with van der Waals surface area (Å²) in [7, 11) is 0. The molecule has 1 fully saturated rings. The van der Waals surface area contributed by atoms with Crippen LogP contribution in [0.15, 0.2) is 40.8 Å². The minimum Gasteiger partial charge on any atom is -0.466 e. The van der Waals surface area contributed by atoms with Crippen molar-refractivity contribution in [3.8, 4) is 0 Å². The molecule has 7 heteroatoms. The van der Waals surface area contributed by atoms with Gasteiger partial charge >= 0.3 is 0 Å². The van der Waals surface area contributed by atoms with E-state index < -0.39 is 4.92 Å². The Morgan fingerprint density at radius 2 is 1.97 bits per heavy atom. The van der Waals surface area contributed by atoms with E-state index in [9.17, 15) is 14.9 Å². The number of piperidine rings is 1. The fraction of sp³-hybridized carbons (Fsp3) is 0.409. The summed E-state index contributed by atoms with van der Waals surface area (Å²) in [5, 5.41) is 13.6. The third kappa shape index (κ3) is 6.02. The van der Waals surface area contributed by atoms with Crippen LogP contribution < -0.4 is 5.32 Å². The zero-order valence-corrected chi connectivity index (χ0v) is 16.9. The van der Waals surface area contributed by atoms with Gasteiger partial charge in [-0.2, -0.15) is 0 Å². The van der Waals surface area contributed by atoms with E-state index in [2.05, 4.69) is 16.3 Å². The summed E-state index contributed by atoms with van der Waals surface area (Å²) in [6.45, 7) is 7.60. The zero-order valence-electron chi connectivity index (χ0n) is 16.9. The summed E-state index contributed by atoms with van der Waals surface area (Å²) in [6.07, 6.45) is 5.25. The average molecular weight is 397 g/mol. The minimum absolute atomic E-state index is 0.0380. The highest BCUT2D eigenvalue weighted by atomic mass is 16.6. The number of benzene rings is 1. The maximum Gasteiger partial charge on any atom is 0.269 e. The van der Waals surface area contributed by atoms with E-state index in [-0.39, 0.29) is 11.6 Å². The van der Waals surface area contributed by atoms with Gasteiger partial charge in [-0.15, -0.1) is 0 Å². The van der Waals surface area contributed by atoms with Crippen molar-refractivity contribution in [2.45, 2.75) is 33.2 Å². The van der Waals surface area contributed by atoms with Gasteiger partial charge in [0, 0.05) is 36.9 Å². The number of rotatable bonds is 7. The van der Waals surface area contributed by atoms with Crippen LogP contribution in [-0.4, -0.2) is 35.4 Å². The number of nitro benzene ring substituents is 1. The van der Waals surface area contributed by atoms with Crippen molar-refractivity contribution in [2.75, 3.05) is 19.6 Å². The molecule has 0 unspecified atom stereocenters. The highest BCUT2D eigenvalue weighted by Gasteiger charge is 2.20. The molecule has 154 valence electrons. The second-order valence-electron chi connectivity index (χ2n) is 7.59. The number of carbonyl (C=O) groups excluding carboxylic acids is 1. The first-order valence-corrected chi connectivity index (χ1v) is 9.89. The number of non-ortho nitro benzene ring substituents is 1. The monoisotopic (exact) mass is 397 g/mol. The van der Waals surface area contributed by atoms with Gasteiger partial charge in [-0.3, -0.25) is 19.8 Å². The number of amides is 1. The van der Waals surface area contributed by atoms with Crippen molar-refractivity contribution in [1.29, 1.82) is 0 Å². The molecule has 1 saturated heterocycles. The lowest BCUT2D eigenvalue weighted by atomic mass is 9.96. The van der Waals surface area contributed by atoms with Gasteiger partial charge in [0.1, 0.15) is 11.5 Å². The number of nitrogens with one attached hydrogen (secondary N) is 1. The molecular formula is C22H27N3O4. The van der Waals surface area contributed by atoms with Crippen LogP contribution in [-0.2, 0) is 11.3 Å². The second kappa shape index (κ2) is 9.52. The standard InChI is InChI=1S/C22H27N3O4/c1-16-13-20(17(2)29-16)15-24-11-9-19(10-12-24)14-23-22(26)8-5-18-3-6-21(7-4-18)25(27)28/h3-8,13,19H,9-12,14-15H2,1-2H3,(H,23,26)/b8-5+. The van der Waals surface area contributed by atoms with Crippen molar-refractivity contribution in [3.63, 3.8) is 0 Å². The average Bonchev–Trinajstić information content (AvgIpc) is 3.02. The molecular weight excluding hydrogens is 370 g/mol. The summed E-state index contributed by atoms with van der Waals surface area (Å²) >= 11 is 0. The molecule has 1 aromatic heterocycles. The SMILES string of the molecule is Cc1cc(CN2CCC(CNC(=O)/C=C/c3ccc([N+](=O)[O-])cc3)CC2)c(C)o1. The number of furan rings is 1. The van der Waals surface area contributed by atoms with E-state index in [1.165, 1.54) is 23.8 Å². The van der Waals surface area contributed by atoms with Crippen LogP contribution in [0.25, 0.3) is 6.08 Å². The molecule has 2 aromatic rings. The summed E-state index contributed by atoms with van der Waals surface area (Å²) in [6, 6.07) is 8.22. The molecule has 0 aliphatic carbocycles. The van der Waals surface area contributed by atoms with E-state index >= 15 is 0 Å². The predicted molar refractivity (Wildman–Crippen MR) is 111 cm³/mol. The Morgan fingerprint density at radius 1 is 1.28 bits per heavy atom. The van der Waals surface area contributed by atoms with Crippen LogP contribution in [0.1, 0.15) is 35.5 Å². The zero-order chi connectivity index (χ0) is 20.8. The molecule has 1 N–H and O–H groups in total. The normalized spacial score (nSPS) is 15.7. The fourth-order valence-electron chi connectivity index (χ4n) is 3.61. The lowest BCUT2D eigenvalue weighted by Crippen LogP contribution is -2.38. The smallest absolute Gasteiger partial charge is 0.269 e. The number of hydrogen-bond donors (Lipinski definition) is 1. The third-order valence-electron chi connectivity index (χ3n) is 5.34. The summed E-state index contributed by atoms with van der Waals surface area (Å²) in [5.74, 6) is 2.29. The van der Waals surface area contributed by atoms with Gasteiger partial charge in [0.05, 0.1) is 4.92 Å². The van der Waals surface area contributed by atoms with Gasteiger partial charge < -0.3 is 9.73 Å². The molecule has 0 spiro atoms. The predicted octanol–water partition coefficient (Wildman–Crippen LogP) is 3.85. The van der Waals surface area contributed by atoms with E-state index in [4.69, 9.17) is 4.42 Å². The molecule has 1 aliphatic heterocycles. The van der Waals surface area contributed by atoms with Crippen molar-refractivity contribution >= 4 is 17.7 Å². The van der Waals surface area contributed by atoms with Crippen molar-refractivity contribution in [2.24, 2.45) is 5.92 Å². The molecule has 7 nitrogen and oxygen atoms in total. The minimum atomic E-state index is -0.442. The number of hydrogen-bond acceptors (Lipinski definition) is 5. The first-order chi connectivity index (χ1) is 13.9. The first-order valence-electron chi connectivity index (χ1n) is 9.89. The van der Waals surface area contributed by atoms with Gasteiger partial charge in [-0.05, 0) is 75.5 Å². The van der Waals surface area contributed by atoms with Crippen LogP contribution in [0.4, 0.5) is 5.69 Å². The van der Waals surface area contributed by atoms with Crippen molar-refractivity contribution in [3.05, 3.63) is 69.2 Å². The molecule has 1 aliphatic rings. The lowest BCUT2D eigenvalue weighted by Gasteiger charge is -2.31. The Balaban J connectivity index is 1.39. The van der Waals surface area contributed by atoms with Crippen LogP contribution in [0.2, 0.25) is 0 Å². The maximum absolute atomic E-state index is 12.1. The molecule has 3 rings (SSSR count). The molecule has 2 heterocycles. The van der Waals surface area contributed by atoms with E-state index in [1.807, 2.05) is 13.8 Å².